The van der Waals surface area contributed by atoms with E-state index in [9.17, 15) is 0 Å². The van der Waals surface area contributed by atoms with Crippen LogP contribution in [-0.4, -0.2) is 12.1 Å². The summed E-state index contributed by atoms with van der Waals surface area (Å²) in [6.45, 7) is 13.3. The first-order valence-corrected chi connectivity index (χ1v) is 8.04. The number of rotatable bonds is 3. The van der Waals surface area contributed by atoms with Gasteiger partial charge in [-0.05, 0) is 77.0 Å². The van der Waals surface area contributed by atoms with Gasteiger partial charge in [0.15, 0.2) is 0 Å². The van der Waals surface area contributed by atoms with E-state index in [1.54, 1.807) is 0 Å². The fourth-order valence-corrected chi connectivity index (χ4v) is 2.45. The first kappa shape index (κ1) is 18.1. The summed E-state index contributed by atoms with van der Waals surface area (Å²) in [5, 5.41) is 3.50. The van der Waals surface area contributed by atoms with Crippen molar-refractivity contribution >= 4 is 11.3 Å². The van der Waals surface area contributed by atoms with Gasteiger partial charge in [-0.3, -0.25) is 0 Å². The minimum absolute atomic E-state index is 0.0320. The number of fused-ring (bicyclic) bond motifs is 1. The van der Waals surface area contributed by atoms with Gasteiger partial charge in [-0.25, -0.2) is 0 Å². The van der Waals surface area contributed by atoms with Crippen LogP contribution in [0.3, 0.4) is 0 Å². The second kappa shape index (κ2) is 8.51. The van der Waals surface area contributed by atoms with Gasteiger partial charge in [0, 0.05) is 11.3 Å². The highest BCUT2D eigenvalue weighted by Gasteiger charge is 2.22. The molecule has 1 aromatic rings. The minimum Gasteiger partial charge on any atom is -0.494 e. The van der Waals surface area contributed by atoms with Crippen molar-refractivity contribution in [3.8, 4) is 5.75 Å². The molecule has 1 N–H and O–H groups in total. The van der Waals surface area contributed by atoms with Crippen LogP contribution in [0.15, 0.2) is 42.2 Å². The molecule has 0 fully saturated rings. The number of hydrogen-bond acceptors (Lipinski definition) is 2. The van der Waals surface area contributed by atoms with Crippen molar-refractivity contribution in [1.29, 1.82) is 0 Å². The molecule has 1 heterocycles. The summed E-state index contributed by atoms with van der Waals surface area (Å²) >= 11 is 0. The third-order valence-electron chi connectivity index (χ3n) is 3.25. The molecule has 0 aliphatic carbocycles. The van der Waals surface area contributed by atoms with E-state index in [-0.39, 0.29) is 5.54 Å². The molecule has 2 heteroatoms. The van der Waals surface area contributed by atoms with Crippen LogP contribution in [0.5, 0.6) is 5.75 Å². The Morgan fingerprint density at radius 1 is 1.27 bits per heavy atom. The topological polar surface area (TPSA) is 21.3 Å². The molecule has 0 atom stereocenters. The number of nitrogens with one attached hydrogen (secondary N) is 1. The summed E-state index contributed by atoms with van der Waals surface area (Å²) in [6.07, 6.45) is 7.25. The summed E-state index contributed by atoms with van der Waals surface area (Å²) in [4.78, 5) is 0. The molecule has 120 valence electrons. The van der Waals surface area contributed by atoms with E-state index in [1.807, 2.05) is 32.1 Å². The van der Waals surface area contributed by atoms with Crippen LogP contribution in [0.4, 0.5) is 5.69 Å². The Morgan fingerprint density at radius 3 is 2.55 bits per heavy atom. The maximum absolute atomic E-state index is 5.52. The second-order valence-corrected chi connectivity index (χ2v) is 5.88. The molecule has 0 amide bonds. The van der Waals surface area contributed by atoms with E-state index >= 15 is 0 Å². The third kappa shape index (κ3) is 5.46. The van der Waals surface area contributed by atoms with Crippen molar-refractivity contribution in [1.82, 2.24) is 0 Å². The Bertz CT molecular complexity index is 575. The Labute approximate surface area is 135 Å². The summed E-state index contributed by atoms with van der Waals surface area (Å²) in [7, 11) is 0. The van der Waals surface area contributed by atoms with E-state index in [1.165, 1.54) is 16.8 Å². The lowest BCUT2D eigenvalue weighted by Gasteiger charge is -2.31. The molecule has 1 aromatic carbocycles. The van der Waals surface area contributed by atoms with Gasteiger partial charge in [0.1, 0.15) is 5.75 Å². The maximum Gasteiger partial charge on any atom is 0.120 e. The van der Waals surface area contributed by atoms with Crippen molar-refractivity contribution in [3.05, 3.63) is 47.7 Å². The highest BCUT2D eigenvalue weighted by Crippen LogP contribution is 2.35. The molecule has 0 bridgehead atoms. The Kier molecular flexibility index (Phi) is 7.01. The van der Waals surface area contributed by atoms with Gasteiger partial charge in [0.05, 0.1) is 12.1 Å². The zero-order valence-corrected chi connectivity index (χ0v) is 14.8. The van der Waals surface area contributed by atoms with Crippen molar-refractivity contribution in [2.24, 2.45) is 0 Å². The molecule has 1 aliphatic heterocycles. The molecule has 2 nitrogen and oxygen atoms in total. The Hall–Kier alpha value is -1.92. The molecule has 0 saturated heterocycles. The molecule has 2 rings (SSSR count). The lowest BCUT2D eigenvalue weighted by molar-refractivity contribution is 0.340. The standard InChI is InChI=1S/C14H19NO.C6H10/c1-5-16-11-6-7-13-12(8-11)10(2)9-14(3,4)15-13;1-3-5-6-4-2/h6-9,15H,5H2,1-4H3;3,6H,4H2,1-2H3. The van der Waals surface area contributed by atoms with Crippen LogP contribution in [0.25, 0.3) is 5.57 Å². The van der Waals surface area contributed by atoms with Gasteiger partial charge >= 0.3 is 0 Å². The van der Waals surface area contributed by atoms with E-state index < -0.39 is 0 Å². The largest absolute Gasteiger partial charge is 0.494 e. The van der Waals surface area contributed by atoms with Crippen LogP contribution in [-0.2, 0) is 0 Å². The van der Waals surface area contributed by atoms with E-state index in [4.69, 9.17) is 4.74 Å². The van der Waals surface area contributed by atoms with Crippen LogP contribution in [0, 0.1) is 0 Å². The fraction of sp³-hybridized carbons (Fsp3) is 0.450. The van der Waals surface area contributed by atoms with Gasteiger partial charge < -0.3 is 10.1 Å². The Balaban J connectivity index is 0.000000346. The predicted molar refractivity (Wildman–Crippen MR) is 97.6 cm³/mol. The van der Waals surface area contributed by atoms with Crippen LogP contribution in [0.2, 0.25) is 0 Å². The van der Waals surface area contributed by atoms with Gasteiger partial charge in [0.2, 0.25) is 0 Å². The monoisotopic (exact) mass is 299 g/mol. The lowest BCUT2D eigenvalue weighted by Crippen LogP contribution is -2.31. The lowest BCUT2D eigenvalue weighted by atomic mass is 9.91. The Morgan fingerprint density at radius 2 is 2.00 bits per heavy atom. The normalized spacial score (nSPS) is 14.2. The van der Waals surface area contributed by atoms with Crippen LogP contribution >= 0.6 is 0 Å². The second-order valence-electron chi connectivity index (χ2n) is 5.88. The molecule has 0 unspecified atom stereocenters. The average molecular weight is 299 g/mol. The van der Waals surface area contributed by atoms with Crippen molar-refractivity contribution in [2.45, 2.75) is 53.5 Å². The molecule has 0 spiro atoms. The third-order valence-corrected chi connectivity index (χ3v) is 3.25. The van der Waals surface area contributed by atoms with Gasteiger partial charge in [-0.1, -0.05) is 13.0 Å². The van der Waals surface area contributed by atoms with E-state index in [2.05, 4.69) is 57.0 Å². The summed E-state index contributed by atoms with van der Waals surface area (Å²) in [5.41, 5.74) is 6.72. The van der Waals surface area contributed by atoms with Crippen molar-refractivity contribution in [2.75, 3.05) is 11.9 Å². The number of benzene rings is 1. The number of allylic oxidation sites excluding steroid dienone is 2. The van der Waals surface area contributed by atoms with Gasteiger partial charge in [-0.15, -0.1) is 5.73 Å². The van der Waals surface area contributed by atoms with E-state index in [0.29, 0.717) is 6.61 Å². The molecule has 1 aliphatic rings. The molecular weight excluding hydrogens is 270 g/mol. The average Bonchev–Trinajstić information content (AvgIpc) is 2.46. The maximum atomic E-state index is 5.52. The molecule has 0 radical (unpaired) electrons. The molecule has 0 aromatic heterocycles. The SMILES string of the molecule is CC=C=CCC.CCOc1ccc2c(c1)C(C)=CC(C)(C)N2. The fourth-order valence-electron chi connectivity index (χ4n) is 2.45. The van der Waals surface area contributed by atoms with Gasteiger partial charge in [0.25, 0.3) is 0 Å². The van der Waals surface area contributed by atoms with Crippen LogP contribution < -0.4 is 10.1 Å². The molecule has 0 saturated carbocycles. The quantitative estimate of drug-likeness (QED) is 0.710. The number of hydrogen-bond donors (Lipinski definition) is 1. The summed E-state index contributed by atoms with van der Waals surface area (Å²) < 4.78 is 5.52. The predicted octanol–water partition coefficient (Wildman–Crippen LogP) is 5.82. The van der Waals surface area contributed by atoms with Crippen molar-refractivity contribution < 1.29 is 4.74 Å². The minimum atomic E-state index is 0.0320. The zero-order chi connectivity index (χ0) is 16.6. The zero-order valence-electron chi connectivity index (χ0n) is 14.8. The summed E-state index contributed by atoms with van der Waals surface area (Å²) in [5.74, 6) is 0.940. The first-order chi connectivity index (χ1) is 10.4. The number of anilines is 1. The smallest absolute Gasteiger partial charge is 0.120 e. The first-order valence-electron chi connectivity index (χ1n) is 8.04. The summed E-state index contributed by atoms with van der Waals surface area (Å²) in [6, 6.07) is 6.22. The van der Waals surface area contributed by atoms with Crippen molar-refractivity contribution in [3.63, 3.8) is 0 Å². The number of ether oxygens (including phenoxy) is 1. The highest BCUT2D eigenvalue weighted by atomic mass is 16.5. The molecular formula is C20H29NO. The van der Waals surface area contributed by atoms with Crippen LogP contribution in [0.1, 0.15) is 53.5 Å². The van der Waals surface area contributed by atoms with Gasteiger partial charge in [-0.2, -0.15) is 0 Å². The molecule has 22 heavy (non-hydrogen) atoms. The highest BCUT2D eigenvalue weighted by molar-refractivity contribution is 5.80. The van der Waals surface area contributed by atoms with E-state index in [0.717, 1.165) is 12.2 Å².